The Hall–Kier alpha value is -2.21. The lowest BCUT2D eigenvalue weighted by molar-refractivity contribution is -0.385. The minimum absolute atomic E-state index is 0.0984. The van der Waals surface area contributed by atoms with E-state index >= 15 is 0 Å². The number of hydrogen-bond acceptors (Lipinski definition) is 4. The maximum Gasteiger partial charge on any atom is 0.343 e. The van der Waals surface area contributed by atoms with Crippen LogP contribution in [0.3, 0.4) is 0 Å². The van der Waals surface area contributed by atoms with Crippen LogP contribution < -0.4 is 4.74 Å². The molecule has 2 rings (SSSR count). The van der Waals surface area contributed by atoms with Crippen molar-refractivity contribution >= 4 is 27.6 Å². The molecule has 2 aromatic rings. The Morgan fingerprint density at radius 3 is 2.23 bits per heavy atom. The van der Waals surface area contributed by atoms with E-state index < -0.39 is 10.9 Å². The highest BCUT2D eigenvalue weighted by molar-refractivity contribution is 9.10. The third-order valence-corrected chi connectivity index (χ3v) is 3.72. The maximum absolute atomic E-state index is 12.2. The first-order valence-electron chi connectivity index (χ1n) is 6.53. The molecule has 0 atom stereocenters. The van der Waals surface area contributed by atoms with Gasteiger partial charge in [0.25, 0.3) is 5.69 Å². The van der Waals surface area contributed by atoms with Gasteiger partial charge in [0.05, 0.1) is 10.5 Å². The van der Waals surface area contributed by atoms with Crippen LogP contribution in [0.1, 0.15) is 27.0 Å². The molecule has 0 unspecified atom stereocenters. The molecule has 2 aromatic carbocycles. The van der Waals surface area contributed by atoms with Gasteiger partial charge in [-0.05, 0) is 50.1 Å². The van der Waals surface area contributed by atoms with Crippen LogP contribution in [0.2, 0.25) is 0 Å². The Morgan fingerprint density at radius 1 is 1.09 bits per heavy atom. The van der Waals surface area contributed by atoms with Crippen molar-refractivity contribution < 1.29 is 14.5 Å². The van der Waals surface area contributed by atoms with Crippen molar-refractivity contribution in [1.29, 1.82) is 0 Å². The number of halogens is 1. The molecule has 0 aromatic heterocycles. The molecule has 0 aliphatic rings. The van der Waals surface area contributed by atoms with Gasteiger partial charge in [0.15, 0.2) is 0 Å². The van der Waals surface area contributed by atoms with Gasteiger partial charge >= 0.3 is 5.97 Å². The average molecular weight is 364 g/mol. The molecule has 6 heteroatoms. The molecule has 0 fully saturated rings. The highest BCUT2D eigenvalue weighted by atomic mass is 79.9. The van der Waals surface area contributed by atoms with Crippen molar-refractivity contribution in [3.63, 3.8) is 0 Å². The number of carbonyl (C=O) groups excluding carboxylic acids is 1. The molecule has 0 saturated carbocycles. The first kappa shape index (κ1) is 16.2. The summed E-state index contributed by atoms with van der Waals surface area (Å²) in [7, 11) is 0. The second kappa shape index (κ2) is 6.27. The summed E-state index contributed by atoms with van der Waals surface area (Å²) in [6.07, 6.45) is 0. The van der Waals surface area contributed by atoms with Crippen LogP contribution in [-0.4, -0.2) is 10.9 Å². The van der Waals surface area contributed by atoms with E-state index in [9.17, 15) is 14.9 Å². The normalized spacial score (nSPS) is 10.4. The lowest BCUT2D eigenvalue weighted by atomic mass is 10.1. The van der Waals surface area contributed by atoms with Crippen LogP contribution in [0.15, 0.2) is 34.8 Å². The summed E-state index contributed by atoms with van der Waals surface area (Å²) < 4.78 is 6.31. The van der Waals surface area contributed by atoms with Crippen molar-refractivity contribution in [3.8, 4) is 5.75 Å². The fourth-order valence-corrected chi connectivity index (χ4v) is 2.83. The lowest BCUT2D eigenvalue weighted by Crippen LogP contribution is -2.11. The Kier molecular flexibility index (Phi) is 4.61. The van der Waals surface area contributed by atoms with E-state index in [4.69, 9.17) is 4.74 Å². The molecular formula is C16H14BrNO4. The van der Waals surface area contributed by atoms with Crippen molar-refractivity contribution in [2.24, 2.45) is 0 Å². The van der Waals surface area contributed by atoms with Gasteiger partial charge in [-0.15, -0.1) is 0 Å². The van der Waals surface area contributed by atoms with Crippen molar-refractivity contribution in [1.82, 2.24) is 0 Å². The Balaban J connectivity index is 2.34. The van der Waals surface area contributed by atoms with Crippen LogP contribution >= 0.6 is 15.9 Å². The summed E-state index contributed by atoms with van der Waals surface area (Å²) in [5.74, 6) is -0.145. The second-order valence-corrected chi connectivity index (χ2v) is 5.93. The molecule has 0 N–H and O–H groups in total. The minimum atomic E-state index is -0.614. The van der Waals surface area contributed by atoms with Gasteiger partial charge in [-0.1, -0.05) is 22.0 Å². The van der Waals surface area contributed by atoms with E-state index in [0.29, 0.717) is 11.3 Å². The highest BCUT2D eigenvalue weighted by Gasteiger charge is 2.18. The largest absolute Gasteiger partial charge is 0.422 e. The summed E-state index contributed by atoms with van der Waals surface area (Å²) in [5.41, 5.74) is 2.17. The number of nitro benzene ring substituents is 1. The van der Waals surface area contributed by atoms with Crippen LogP contribution in [-0.2, 0) is 0 Å². The van der Waals surface area contributed by atoms with Gasteiger partial charge in [-0.2, -0.15) is 0 Å². The number of nitro groups is 1. The summed E-state index contributed by atoms with van der Waals surface area (Å²) in [6, 6.07) is 7.98. The minimum Gasteiger partial charge on any atom is -0.422 e. The maximum atomic E-state index is 12.2. The van der Waals surface area contributed by atoms with Crippen molar-refractivity contribution in [3.05, 3.63) is 67.2 Å². The zero-order valence-electron chi connectivity index (χ0n) is 12.3. The predicted molar refractivity (Wildman–Crippen MR) is 86.4 cm³/mol. The van der Waals surface area contributed by atoms with Gasteiger partial charge in [0, 0.05) is 16.1 Å². The molecule has 0 bridgehead atoms. The topological polar surface area (TPSA) is 69.4 Å². The van der Waals surface area contributed by atoms with Crippen molar-refractivity contribution in [2.45, 2.75) is 20.8 Å². The quantitative estimate of drug-likeness (QED) is 0.348. The Morgan fingerprint density at radius 2 is 1.68 bits per heavy atom. The van der Waals surface area contributed by atoms with Crippen molar-refractivity contribution in [2.75, 3.05) is 0 Å². The number of ether oxygens (including phenoxy) is 1. The monoisotopic (exact) mass is 363 g/mol. The first-order chi connectivity index (χ1) is 10.3. The van der Waals surface area contributed by atoms with E-state index in [0.717, 1.165) is 15.6 Å². The zero-order chi connectivity index (χ0) is 16.4. The molecule has 114 valence electrons. The summed E-state index contributed by atoms with van der Waals surface area (Å²) >= 11 is 3.38. The van der Waals surface area contributed by atoms with E-state index in [1.807, 2.05) is 26.0 Å². The molecule has 5 nitrogen and oxygen atoms in total. The summed E-state index contributed by atoms with van der Waals surface area (Å²) in [6.45, 7) is 5.28. The number of aryl methyl sites for hydroxylation is 3. The van der Waals surface area contributed by atoms with Crippen LogP contribution in [0.4, 0.5) is 5.69 Å². The molecule has 0 aliphatic heterocycles. The van der Waals surface area contributed by atoms with Crippen LogP contribution in [0, 0.1) is 30.9 Å². The van der Waals surface area contributed by atoms with Crippen LogP contribution in [0.25, 0.3) is 0 Å². The predicted octanol–water partition coefficient (Wildman–Crippen LogP) is 4.50. The highest BCUT2D eigenvalue weighted by Crippen LogP contribution is 2.28. The molecule has 0 heterocycles. The zero-order valence-corrected chi connectivity index (χ0v) is 13.9. The molecule has 22 heavy (non-hydrogen) atoms. The standard InChI is InChI=1S/C16H14BrNO4/c1-9-4-5-12(8-14(9)18(20)21)16(19)22-15-10(2)6-13(17)7-11(15)3/h4-8H,1-3H3. The van der Waals surface area contributed by atoms with E-state index in [-0.39, 0.29) is 11.3 Å². The fourth-order valence-electron chi connectivity index (χ4n) is 2.14. The third kappa shape index (κ3) is 3.33. The average Bonchev–Trinajstić information content (AvgIpc) is 2.42. The molecule has 0 amide bonds. The number of benzene rings is 2. The first-order valence-corrected chi connectivity index (χ1v) is 7.33. The van der Waals surface area contributed by atoms with Gasteiger partial charge < -0.3 is 4.74 Å². The second-order valence-electron chi connectivity index (χ2n) is 5.02. The number of hydrogen-bond donors (Lipinski definition) is 0. The van der Waals surface area contributed by atoms with Gasteiger partial charge in [0.1, 0.15) is 5.75 Å². The van der Waals surface area contributed by atoms with Crippen LogP contribution in [0.5, 0.6) is 5.75 Å². The molecule has 0 saturated heterocycles. The SMILES string of the molecule is Cc1ccc(C(=O)Oc2c(C)cc(Br)cc2C)cc1[N+](=O)[O-]. The molecule has 0 radical (unpaired) electrons. The van der Waals surface area contributed by atoms with E-state index in [2.05, 4.69) is 15.9 Å². The summed E-state index contributed by atoms with van der Waals surface area (Å²) in [4.78, 5) is 22.7. The van der Waals surface area contributed by atoms with E-state index in [1.54, 1.807) is 6.92 Å². The van der Waals surface area contributed by atoms with E-state index in [1.165, 1.54) is 18.2 Å². The lowest BCUT2D eigenvalue weighted by Gasteiger charge is -2.11. The van der Waals surface area contributed by atoms with Gasteiger partial charge in [-0.25, -0.2) is 4.79 Å². The smallest absolute Gasteiger partial charge is 0.343 e. The number of carbonyl (C=O) groups is 1. The number of esters is 1. The van der Waals surface area contributed by atoms with Gasteiger partial charge in [-0.3, -0.25) is 10.1 Å². The molecule has 0 spiro atoms. The Labute approximate surface area is 136 Å². The Bertz CT molecular complexity index is 748. The third-order valence-electron chi connectivity index (χ3n) is 3.26. The number of rotatable bonds is 3. The fraction of sp³-hybridized carbons (Fsp3) is 0.188. The van der Waals surface area contributed by atoms with Gasteiger partial charge in [0.2, 0.25) is 0 Å². The molecular weight excluding hydrogens is 350 g/mol. The number of nitrogens with zero attached hydrogens (tertiary/aromatic N) is 1. The molecule has 0 aliphatic carbocycles. The summed E-state index contributed by atoms with van der Waals surface area (Å²) in [5, 5.41) is 10.9.